The van der Waals surface area contributed by atoms with Gasteiger partial charge in [-0.15, -0.1) is 0 Å². The van der Waals surface area contributed by atoms with Gasteiger partial charge in [-0.3, -0.25) is 9.69 Å². The maximum Gasteiger partial charge on any atom is 0.254 e. The Morgan fingerprint density at radius 1 is 1.00 bits per heavy atom. The Kier molecular flexibility index (Phi) is 9.81. The smallest absolute Gasteiger partial charge is 0.254 e. The van der Waals surface area contributed by atoms with Crippen LogP contribution in [0.25, 0.3) is 33.3 Å². The van der Waals surface area contributed by atoms with Crippen LogP contribution in [0.4, 0.5) is 4.39 Å². The number of benzene rings is 2. The number of aromatic nitrogens is 2. The molecule has 39 heavy (non-hydrogen) atoms. The van der Waals surface area contributed by atoms with Crippen molar-refractivity contribution in [3.05, 3.63) is 78.4 Å². The largest absolute Gasteiger partial charge is 0.388 e. The van der Waals surface area contributed by atoms with E-state index in [1.54, 1.807) is 26.5 Å². The molecule has 0 radical (unpaired) electrons. The molecule has 7 nitrogen and oxygen atoms in total. The first-order chi connectivity index (χ1) is 18.9. The standard InChI is InChI=1S/C29H32FN5O.C2H6O/c1-33(2)9-6-10-34-11-13-35(14-12-34)29(36)23-15-22(16-25(30)17-23)24-18-26-27(20-32-28(26)31-19-24)21-7-4-3-5-8-21;1-3-2/h3-5,7-8,15-20H,6,9-14H2,1-2H3,(H,31,32);1-2H3. The summed E-state index contributed by atoms with van der Waals surface area (Å²) in [6, 6.07) is 16.7. The zero-order chi connectivity index (χ0) is 27.8. The molecular formula is C31H38FN5O2. The van der Waals surface area contributed by atoms with Crippen molar-refractivity contribution in [2.75, 3.05) is 67.6 Å². The lowest BCUT2D eigenvalue weighted by Crippen LogP contribution is -2.49. The number of carbonyl (C=O) groups excluding carboxylic acids is 1. The van der Waals surface area contributed by atoms with Crippen molar-refractivity contribution in [3.8, 4) is 22.3 Å². The van der Waals surface area contributed by atoms with Crippen molar-refractivity contribution >= 4 is 16.9 Å². The van der Waals surface area contributed by atoms with E-state index in [1.165, 1.54) is 12.1 Å². The number of methoxy groups -OCH3 is 1. The fraction of sp³-hybridized carbons (Fsp3) is 0.355. The van der Waals surface area contributed by atoms with Crippen LogP contribution >= 0.6 is 0 Å². The summed E-state index contributed by atoms with van der Waals surface area (Å²) >= 11 is 0. The van der Waals surface area contributed by atoms with Crippen molar-refractivity contribution in [3.63, 3.8) is 0 Å². The summed E-state index contributed by atoms with van der Waals surface area (Å²) in [4.78, 5) is 27.5. The Bertz CT molecular complexity index is 1360. The zero-order valence-corrected chi connectivity index (χ0v) is 23.3. The monoisotopic (exact) mass is 531 g/mol. The summed E-state index contributed by atoms with van der Waals surface area (Å²) in [6.45, 7) is 5.09. The second kappa shape index (κ2) is 13.5. The zero-order valence-electron chi connectivity index (χ0n) is 23.3. The molecule has 1 fully saturated rings. The number of nitrogens with one attached hydrogen (secondary N) is 1. The number of rotatable bonds is 7. The molecule has 1 aliphatic heterocycles. The van der Waals surface area contributed by atoms with E-state index in [2.05, 4.69) is 50.7 Å². The molecule has 0 unspecified atom stereocenters. The second-order valence-electron chi connectivity index (χ2n) is 10.1. The summed E-state index contributed by atoms with van der Waals surface area (Å²) < 4.78 is 18.9. The highest BCUT2D eigenvalue weighted by molar-refractivity contribution is 5.98. The summed E-state index contributed by atoms with van der Waals surface area (Å²) in [6.07, 6.45) is 4.78. The Morgan fingerprint density at radius 2 is 1.72 bits per heavy atom. The van der Waals surface area contributed by atoms with Crippen molar-refractivity contribution < 1.29 is 13.9 Å². The number of fused-ring (bicyclic) bond motifs is 1. The van der Waals surface area contributed by atoms with Crippen LogP contribution in [0.1, 0.15) is 16.8 Å². The van der Waals surface area contributed by atoms with Gasteiger partial charge >= 0.3 is 0 Å². The molecule has 2 aromatic carbocycles. The molecule has 1 saturated heterocycles. The van der Waals surface area contributed by atoms with E-state index < -0.39 is 5.82 Å². The molecule has 0 aliphatic carbocycles. The second-order valence-corrected chi connectivity index (χ2v) is 10.1. The van der Waals surface area contributed by atoms with Gasteiger partial charge in [0.05, 0.1) is 0 Å². The molecule has 4 aromatic rings. The summed E-state index contributed by atoms with van der Waals surface area (Å²) in [7, 11) is 7.41. The predicted molar refractivity (Wildman–Crippen MR) is 155 cm³/mol. The summed E-state index contributed by atoms with van der Waals surface area (Å²) in [5.74, 6) is -0.542. The van der Waals surface area contributed by atoms with Gasteiger partial charge in [0.15, 0.2) is 0 Å². The molecule has 0 atom stereocenters. The molecule has 0 spiro atoms. The van der Waals surface area contributed by atoms with Crippen molar-refractivity contribution in [1.29, 1.82) is 0 Å². The molecular weight excluding hydrogens is 493 g/mol. The van der Waals surface area contributed by atoms with Crippen molar-refractivity contribution in [2.24, 2.45) is 0 Å². The van der Waals surface area contributed by atoms with Crippen LogP contribution in [0.5, 0.6) is 0 Å². The normalized spacial score (nSPS) is 13.9. The van der Waals surface area contributed by atoms with Gasteiger partial charge in [-0.25, -0.2) is 9.37 Å². The van der Waals surface area contributed by atoms with E-state index in [0.717, 1.165) is 60.3 Å². The Balaban J connectivity index is 0.00000112. The van der Waals surface area contributed by atoms with Gasteiger partial charge in [0.2, 0.25) is 0 Å². The fourth-order valence-electron chi connectivity index (χ4n) is 4.87. The van der Waals surface area contributed by atoms with E-state index in [0.29, 0.717) is 24.2 Å². The molecule has 2 aromatic heterocycles. The third-order valence-corrected chi connectivity index (χ3v) is 6.83. The van der Waals surface area contributed by atoms with Crippen LogP contribution in [0.15, 0.2) is 67.0 Å². The Labute approximate surface area is 230 Å². The number of amides is 1. The average Bonchev–Trinajstić information content (AvgIpc) is 3.37. The number of halogens is 1. The summed E-state index contributed by atoms with van der Waals surface area (Å²) in [5.41, 5.74) is 4.70. The number of H-pyrrole nitrogens is 1. The van der Waals surface area contributed by atoms with Gasteiger partial charge in [0, 0.05) is 74.9 Å². The first-order valence-corrected chi connectivity index (χ1v) is 13.3. The highest BCUT2D eigenvalue weighted by Gasteiger charge is 2.23. The van der Waals surface area contributed by atoms with E-state index in [9.17, 15) is 9.18 Å². The van der Waals surface area contributed by atoms with E-state index >= 15 is 0 Å². The van der Waals surface area contributed by atoms with Crippen LogP contribution in [0.3, 0.4) is 0 Å². The first kappa shape index (κ1) is 28.4. The van der Waals surface area contributed by atoms with Gasteiger partial charge in [0.25, 0.3) is 5.91 Å². The van der Waals surface area contributed by atoms with Crippen LogP contribution in [0, 0.1) is 5.82 Å². The lowest BCUT2D eigenvalue weighted by atomic mass is 10.0. The maximum absolute atomic E-state index is 14.7. The van der Waals surface area contributed by atoms with E-state index in [1.807, 2.05) is 35.4 Å². The van der Waals surface area contributed by atoms with Crippen LogP contribution < -0.4 is 0 Å². The number of hydrogen-bond donors (Lipinski definition) is 1. The van der Waals surface area contributed by atoms with Gasteiger partial charge in [-0.05, 0) is 69.0 Å². The topological polar surface area (TPSA) is 64.7 Å². The third-order valence-electron chi connectivity index (χ3n) is 6.83. The predicted octanol–water partition coefficient (Wildman–Crippen LogP) is 5.01. The molecule has 0 saturated carbocycles. The quantitative estimate of drug-likeness (QED) is 0.363. The van der Waals surface area contributed by atoms with Gasteiger partial charge in [-0.2, -0.15) is 0 Å². The Morgan fingerprint density at radius 3 is 2.41 bits per heavy atom. The van der Waals surface area contributed by atoms with Gasteiger partial charge < -0.3 is 19.5 Å². The lowest BCUT2D eigenvalue weighted by Gasteiger charge is -2.35. The maximum atomic E-state index is 14.7. The minimum Gasteiger partial charge on any atom is -0.388 e. The number of hydrogen-bond acceptors (Lipinski definition) is 5. The highest BCUT2D eigenvalue weighted by atomic mass is 19.1. The van der Waals surface area contributed by atoms with Crippen LogP contribution in [-0.2, 0) is 4.74 Å². The highest BCUT2D eigenvalue weighted by Crippen LogP contribution is 2.31. The van der Waals surface area contributed by atoms with E-state index in [4.69, 9.17) is 0 Å². The van der Waals surface area contributed by atoms with Crippen molar-refractivity contribution in [1.82, 2.24) is 24.7 Å². The van der Waals surface area contributed by atoms with Crippen molar-refractivity contribution in [2.45, 2.75) is 6.42 Å². The molecule has 1 N–H and O–H groups in total. The number of aromatic amines is 1. The van der Waals surface area contributed by atoms with Crippen LogP contribution in [0.2, 0.25) is 0 Å². The fourth-order valence-corrected chi connectivity index (χ4v) is 4.87. The Hall–Kier alpha value is -3.59. The number of pyridine rings is 1. The molecule has 5 rings (SSSR count). The molecule has 3 heterocycles. The number of nitrogens with zero attached hydrogens (tertiary/aromatic N) is 4. The molecule has 0 bridgehead atoms. The molecule has 8 heteroatoms. The average molecular weight is 532 g/mol. The number of piperazine rings is 1. The van der Waals surface area contributed by atoms with Gasteiger partial charge in [0.1, 0.15) is 11.5 Å². The van der Waals surface area contributed by atoms with Gasteiger partial charge in [-0.1, -0.05) is 30.3 Å². The SMILES string of the molecule is CN(C)CCCN1CCN(C(=O)c2cc(F)cc(-c3cnc4[nH]cc(-c5ccccc5)c4c3)c2)CC1.COC. The first-order valence-electron chi connectivity index (χ1n) is 13.3. The minimum absolute atomic E-state index is 0.121. The third kappa shape index (κ3) is 7.29. The van der Waals surface area contributed by atoms with Crippen LogP contribution in [-0.4, -0.2) is 98.2 Å². The molecule has 1 amide bonds. The summed E-state index contributed by atoms with van der Waals surface area (Å²) in [5, 5.41) is 0.959. The minimum atomic E-state index is -0.421. The number of ether oxygens (including phenoxy) is 1. The lowest BCUT2D eigenvalue weighted by molar-refractivity contribution is 0.0633. The molecule has 206 valence electrons. The van der Waals surface area contributed by atoms with E-state index in [-0.39, 0.29) is 5.91 Å². The molecule has 1 aliphatic rings. The number of carbonyl (C=O) groups is 1.